The van der Waals surface area contributed by atoms with E-state index < -0.39 is 0 Å². The molecule has 1 rings (SSSR count). The fraction of sp³-hybridized carbons (Fsp3) is 0.733. The molecule has 0 atom stereocenters. The molecule has 0 unspecified atom stereocenters. The first-order valence-electron chi connectivity index (χ1n) is 7.05. The SMILES string of the molecule is CCCNc1nc(C(C)(C)C)nc(OC(C)C)c1C. The smallest absolute Gasteiger partial charge is 0.222 e. The minimum Gasteiger partial charge on any atom is -0.475 e. The van der Waals surface area contributed by atoms with Crippen molar-refractivity contribution in [1.82, 2.24) is 9.97 Å². The lowest BCUT2D eigenvalue weighted by atomic mass is 9.95. The molecule has 108 valence electrons. The summed E-state index contributed by atoms with van der Waals surface area (Å²) in [6.07, 6.45) is 1.18. The number of rotatable bonds is 5. The molecule has 0 saturated carbocycles. The van der Waals surface area contributed by atoms with Crippen molar-refractivity contribution in [2.24, 2.45) is 0 Å². The molecule has 0 amide bonds. The summed E-state index contributed by atoms with van der Waals surface area (Å²) >= 11 is 0. The van der Waals surface area contributed by atoms with E-state index in [-0.39, 0.29) is 11.5 Å². The van der Waals surface area contributed by atoms with Crippen molar-refractivity contribution in [3.63, 3.8) is 0 Å². The van der Waals surface area contributed by atoms with E-state index in [1.807, 2.05) is 20.8 Å². The van der Waals surface area contributed by atoms with Crippen LogP contribution in [0.15, 0.2) is 0 Å². The molecular formula is C15H27N3O. The summed E-state index contributed by atoms with van der Waals surface area (Å²) in [7, 11) is 0. The molecule has 0 fully saturated rings. The maximum absolute atomic E-state index is 5.81. The van der Waals surface area contributed by atoms with Crippen LogP contribution in [-0.2, 0) is 5.41 Å². The largest absolute Gasteiger partial charge is 0.475 e. The van der Waals surface area contributed by atoms with E-state index in [0.717, 1.165) is 30.2 Å². The van der Waals surface area contributed by atoms with E-state index in [1.165, 1.54) is 0 Å². The molecule has 1 N–H and O–H groups in total. The highest BCUT2D eigenvalue weighted by molar-refractivity contribution is 5.49. The van der Waals surface area contributed by atoms with Gasteiger partial charge < -0.3 is 10.1 Å². The average Bonchev–Trinajstić information content (AvgIpc) is 2.28. The quantitative estimate of drug-likeness (QED) is 0.882. The fourth-order valence-corrected chi connectivity index (χ4v) is 1.59. The third-order valence-electron chi connectivity index (χ3n) is 2.66. The summed E-state index contributed by atoms with van der Waals surface area (Å²) in [5.74, 6) is 2.39. The van der Waals surface area contributed by atoms with E-state index in [0.29, 0.717) is 5.88 Å². The first-order chi connectivity index (χ1) is 8.75. The van der Waals surface area contributed by atoms with E-state index in [9.17, 15) is 0 Å². The molecule has 0 aromatic carbocycles. The van der Waals surface area contributed by atoms with Crippen LogP contribution in [-0.4, -0.2) is 22.6 Å². The Balaban J connectivity index is 3.21. The van der Waals surface area contributed by atoms with Gasteiger partial charge in [-0.3, -0.25) is 0 Å². The van der Waals surface area contributed by atoms with Crippen LogP contribution in [0.25, 0.3) is 0 Å². The van der Waals surface area contributed by atoms with Crippen LogP contribution in [0.1, 0.15) is 59.4 Å². The zero-order valence-corrected chi connectivity index (χ0v) is 13.3. The molecule has 1 aromatic rings. The summed E-state index contributed by atoms with van der Waals surface area (Å²) in [6, 6.07) is 0. The van der Waals surface area contributed by atoms with Gasteiger partial charge in [-0.2, -0.15) is 4.98 Å². The minimum atomic E-state index is -0.0918. The van der Waals surface area contributed by atoms with Gasteiger partial charge in [-0.25, -0.2) is 4.98 Å². The van der Waals surface area contributed by atoms with Crippen molar-refractivity contribution >= 4 is 5.82 Å². The molecule has 0 radical (unpaired) electrons. The van der Waals surface area contributed by atoms with Gasteiger partial charge in [0.05, 0.1) is 11.7 Å². The topological polar surface area (TPSA) is 47.0 Å². The van der Waals surface area contributed by atoms with Gasteiger partial charge in [0.1, 0.15) is 11.6 Å². The molecule has 0 aliphatic rings. The summed E-state index contributed by atoms with van der Waals surface area (Å²) in [5.41, 5.74) is 0.890. The molecule has 19 heavy (non-hydrogen) atoms. The van der Waals surface area contributed by atoms with Gasteiger partial charge in [0, 0.05) is 12.0 Å². The Bertz CT molecular complexity index is 422. The standard InChI is InChI=1S/C15H27N3O/c1-8-9-16-12-11(4)13(19-10(2)3)18-14(17-12)15(5,6)7/h10H,8-9H2,1-7H3,(H,16,17,18). The Morgan fingerprint density at radius 3 is 2.32 bits per heavy atom. The highest BCUT2D eigenvalue weighted by atomic mass is 16.5. The van der Waals surface area contributed by atoms with Crippen LogP contribution in [0.5, 0.6) is 5.88 Å². The first kappa shape index (κ1) is 15.7. The summed E-state index contributed by atoms with van der Waals surface area (Å²) in [4.78, 5) is 9.23. The van der Waals surface area contributed by atoms with Crippen molar-refractivity contribution in [2.75, 3.05) is 11.9 Å². The Labute approximate surface area is 117 Å². The lowest BCUT2D eigenvalue weighted by molar-refractivity contribution is 0.228. The zero-order chi connectivity index (χ0) is 14.6. The first-order valence-corrected chi connectivity index (χ1v) is 7.05. The minimum absolute atomic E-state index is 0.0918. The molecule has 0 aliphatic heterocycles. The number of hydrogen-bond acceptors (Lipinski definition) is 4. The second-order valence-electron chi connectivity index (χ2n) is 6.17. The highest BCUT2D eigenvalue weighted by Gasteiger charge is 2.22. The molecule has 0 aliphatic carbocycles. The molecular weight excluding hydrogens is 238 g/mol. The summed E-state index contributed by atoms with van der Waals surface area (Å²) in [5, 5.41) is 3.36. The summed E-state index contributed by atoms with van der Waals surface area (Å²) < 4.78 is 5.81. The average molecular weight is 265 g/mol. The lowest BCUT2D eigenvalue weighted by Crippen LogP contribution is -2.20. The number of nitrogens with zero attached hydrogens (tertiary/aromatic N) is 2. The molecule has 1 aromatic heterocycles. The normalized spacial score (nSPS) is 11.8. The number of ether oxygens (including phenoxy) is 1. The number of aromatic nitrogens is 2. The van der Waals surface area contributed by atoms with Crippen molar-refractivity contribution < 1.29 is 4.74 Å². The van der Waals surface area contributed by atoms with E-state index in [1.54, 1.807) is 0 Å². The molecule has 0 spiro atoms. The van der Waals surface area contributed by atoms with Crippen LogP contribution < -0.4 is 10.1 Å². The Morgan fingerprint density at radius 2 is 1.84 bits per heavy atom. The number of anilines is 1. The van der Waals surface area contributed by atoms with Gasteiger partial charge in [0.25, 0.3) is 0 Å². The van der Waals surface area contributed by atoms with E-state index in [4.69, 9.17) is 4.74 Å². The van der Waals surface area contributed by atoms with Gasteiger partial charge in [0.2, 0.25) is 5.88 Å². The van der Waals surface area contributed by atoms with E-state index in [2.05, 4.69) is 43.0 Å². The number of hydrogen-bond donors (Lipinski definition) is 1. The molecule has 0 saturated heterocycles. The van der Waals surface area contributed by atoms with Crippen molar-refractivity contribution in [3.05, 3.63) is 11.4 Å². The molecule has 4 nitrogen and oxygen atoms in total. The van der Waals surface area contributed by atoms with Gasteiger partial charge >= 0.3 is 0 Å². The Kier molecular flexibility index (Phi) is 5.15. The van der Waals surface area contributed by atoms with Crippen LogP contribution in [0, 0.1) is 6.92 Å². The van der Waals surface area contributed by atoms with Gasteiger partial charge in [-0.15, -0.1) is 0 Å². The maximum atomic E-state index is 5.81. The molecule has 0 bridgehead atoms. The number of nitrogens with one attached hydrogen (secondary N) is 1. The third-order valence-corrected chi connectivity index (χ3v) is 2.66. The van der Waals surface area contributed by atoms with Crippen LogP contribution >= 0.6 is 0 Å². The third kappa shape index (κ3) is 4.37. The lowest BCUT2D eigenvalue weighted by Gasteiger charge is -2.21. The predicted molar refractivity (Wildman–Crippen MR) is 80.0 cm³/mol. The second-order valence-corrected chi connectivity index (χ2v) is 6.17. The molecule has 1 heterocycles. The van der Waals surface area contributed by atoms with Crippen LogP contribution in [0.2, 0.25) is 0 Å². The van der Waals surface area contributed by atoms with Gasteiger partial charge in [0.15, 0.2) is 0 Å². The highest BCUT2D eigenvalue weighted by Crippen LogP contribution is 2.28. The zero-order valence-electron chi connectivity index (χ0n) is 13.3. The predicted octanol–water partition coefficient (Wildman–Crippen LogP) is 3.69. The van der Waals surface area contributed by atoms with E-state index >= 15 is 0 Å². The summed E-state index contributed by atoms with van der Waals surface area (Å²) in [6.45, 7) is 15.4. The fourth-order valence-electron chi connectivity index (χ4n) is 1.59. The van der Waals surface area contributed by atoms with Gasteiger partial charge in [-0.05, 0) is 27.2 Å². The van der Waals surface area contributed by atoms with Crippen molar-refractivity contribution in [2.45, 2.75) is 66.4 Å². The molecule has 4 heteroatoms. The van der Waals surface area contributed by atoms with Gasteiger partial charge in [-0.1, -0.05) is 27.7 Å². The van der Waals surface area contributed by atoms with Crippen LogP contribution in [0.3, 0.4) is 0 Å². The maximum Gasteiger partial charge on any atom is 0.222 e. The Hall–Kier alpha value is -1.32. The second kappa shape index (κ2) is 6.22. The van der Waals surface area contributed by atoms with Crippen LogP contribution in [0.4, 0.5) is 5.82 Å². The van der Waals surface area contributed by atoms with Crippen molar-refractivity contribution in [1.29, 1.82) is 0 Å². The Morgan fingerprint density at radius 1 is 1.21 bits per heavy atom. The monoisotopic (exact) mass is 265 g/mol. The van der Waals surface area contributed by atoms with Crippen molar-refractivity contribution in [3.8, 4) is 5.88 Å².